The second-order valence-electron chi connectivity index (χ2n) is 6.77. The van der Waals surface area contributed by atoms with Crippen molar-refractivity contribution in [3.8, 4) is 0 Å². The molecule has 3 rings (SSSR count). The molecule has 2 aromatic rings. The van der Waals surface area contributed by atoms with Crippen molar-refractivity contribution >= 4 is 23.3 Å². The van der Waals surface area contributed by atoms with E-state index in [4.69, 9.17) is 17.0 Å². The number of hydrogen-bond acceptors (Lipinski definition) is 4. The third-order valence-corrected chi connectivity index (χ3v) is 5.23. The van der Waals surface area contributed by atoms with Gasteiger partial charge in [0.25, 0.3) is 0 Å². The molecule has 1 fully saturated rings. The summed E-state index contributed by atoms with van der Waals surface area (Å²) < 4.78 is 5.04. The maximum Gasteiger partial charge on any atom is 0.320 e. The second kappa shape index (κ2) is 10.2. The Kier molecular flexibility index (Phi) is 7.39. The predicted molar refractivity (Wildman–Crippen MR) is 115 cm³/mol. The minimum absolute atomic E-state index is 0.00691. The SMILES string of the molecule is CCOC(=O)CN1CCN(C(=S)NC(c2ccccc2)c2ccccc2)CC1. The van der Waals surface area contributed by atoms with Gasteiger partial charge < -0.3 is 15.0 Å². The van der Waals surface area contributed by atoms with Gasteiger partial charge in [0.05, 0.1) is 19.2 Å². The lowest BCUT2D eigenvalue weighted by Crippen LogP contribution is -2.53. The molecule has 0 spiro atoms. The summed E-state index contributed by atoms with van der Waals surface area (Å²) in [6.07, 6.45) is 0. The molecule has 0 amide bonds. The van der Waals surface area contributed by atoms with Gasteiger partial charge in [-0.05, 0) is 30.3 Å². The number of thiocarbonyl (C=S) groups is 1. The topological polar surface area (TPSA) is 44.8 Å². The summed E-state index contributed by atoms with van der Waals surface area (Å²) >= 11 is 5.72. The lowest BCUT2D eigenvalue weighted by atomic mass is 9.99. The van der Waals surface area contributed by atoms with Crippen molar-refractivity contribution < 1.29 is 9.53 Å². The minimum atomic E-state index is -0.162. The summed E-state index contributed by atoms with van der Waals surface area (Å²) in [7, 11) is 0. The van der Waals surface area contributed by atoms with Crippen LogP contribution < -0.4 is 5.32 Å². The molecule has 0 aromatic heterocycles. The molecule has 1 N–H and O–H groups in total. The molecule has 6 heteroatoms. The Labute approximate surface area is 172 Å². The molecule has 1 aliphatic rings. The van der Waals surface area contributed by atoms with Crippen molar-refractivity contribution in [3.63, 3.8) is 0 Å². The average Bonchev–Trinajstić information content (AvgIpc) is 2.74. The molecule has 28 heavy (non-hydrogen) atoms. The summed E-state index contributed by atoms with van der Waals surface area (Å²) in [5.41, 5.74) is 2.36. The van der Waals surface area contributed by atoms with Crippen molar-refractivity contribution in [2.24, 2.45) is 0 Å². The van der Waals surface area contributed by atoms with E-state index in [0.29, 0.717) is 13.2 Å². The van der Waals surface area contributed by atoms with Crippen LogP contribution in [0.3, 0.4) is 0 Å². The maximum absolute atomic E-state index is 11.7. The molecule has 0 bridgehead atoms. The van der Waals surface area contributed by atoms with Crippen LogP contribution in [0.2, 0.25) is 0 Å². The number of esters is 1. The zero-order valence-electron chi connectivity index (χ0n) is 16.2. The number of ether oxygens (including phenoxy) is 1. The van der Waals surface area contributed by atoms with Gasteiger partial charge in [0, 0.05) is 26.2 Å². The zero-order chi connectivity index (χ0) is 19.8. The lowest BCUT2D eigenvalue weighted by molar-refractivity contribution is -0.144. The molecule has 0 atom stereocenters. The van der Waals surface area contributed by atoms with E-state index in [9.17, 15) is 4.79 Å². The zero-order valence-corrected chi connectivity index (χ0v) is 17.0. The van der Waals surface area contributed by atoms with Crippen molar-refractivity contribution in [2.45, 2.75) is 13.0 Å². The average molecular weight is 398 g/mol. The van der Waals surface area contributed by atoms with Gasteiger partial charge >= 0.3 is 5.97 Å². The van der Waals surface area contributed by atoms with E-state index in [-0.39, 0.29) is 12.0 Å². The Balaban J connectivity index is 1.61. The monoisotopic (exact) mass is 397 g/mol. The van der Waals surface area contributed by atoms with E-state index in [1.165, 1.54) is 11.1 Å². The van der Waals surface area contributed by atoms with Crippen molar-refractivity contribution in [3.05, 3.63) is 71.8 Å². The van der Waals surface area contributed by atoms with Gasteiger partial charge in [0.1, 0.15) is 0 Å². The molecular formula is C22H27N3O2S. The molecule has 5 nitrogen and oxygen atoms in total. The number of nitrogens with one attached hydrogen (secondary N) is 1. The largest absolute Gasteiger partial charge is 0.465 e. The first-order valence-electron chi connectivity index (χ1n) is 9.70. The molecule has 0 radical (unpaired) electrons. The number of carbonyl (C=O) groups is 1. The highest BCUT2D eigenvalue weighted by Crippen LogP contribution is 2.22. The van der Waals surface area contributed by atoms with Crippen LogP contribution in [0.25, 0.3) is 0 Å². The van der Waals surface area contributed by atoms with E-state index >= 15 is 0 Å². The first-order chi connectivity index (χ1) is 13.7. The van der Waals surface area contributed by atoms with Crippen LogP contribution in [0.4, 0.5) is 0 Å². The van der Waals surface area contributed by atoms with Crippen molar-refractivity contribution in [2.75, 3.05) is 39.3 Å². The Morgan fingerprint density at radius 3 is 2.04 bits per heavy atom. The fourth-order valence-electron chi connectivity index (χ4n) is 3.36. The molecule has 0 unspecified atom stereocenters. The van der Waals surface area contributed by atoms with Gasteiger partial charge in [0.15, 0.2) is 5.11 Å². The fraction of sp³-hybridized carbons (Fsp3) is 0.364. The number of nitrogens with zero attached hydrogens (tertiary/aromatic N) is 2. The van der Waals surface area contributed by atoms with Gasteiger partial charge in [-0.3, -0.25) is 9.69 Å². The van der Waals surface area contributed by atoms with E-state index in [1.54, 1.807) is 0 Å². The number of benzene rings is 2. The van der Waals surface area contributed by atoms with E-state index in [1.807, 2.05) is 43.3 Å². The van der Waals surface area contributed by atoms with Crippen LogP contribution in [0.15, 0.2) is 60.7 Å². The van der Waals surface area contributed by atoms with E-state index < -0.39 is 0 Å². The normalized spacial score (nSPS) is 14.7. The molecule has 1 saturated heterocycles. The van der Waals surface area contributed by atoms with Gasteiger partial charge in [0.2, 0.25) is 0 Å². The summed E-state index contributed by atoms with van der Waals surface area (Å²) in [5, 5.41) is 4.29. The maximum atomic E-state index is 11.7. The molecule has 1 aliphatic heterocycles. The standard InChI is InChI=1S/C22H27N3O2S/c1-2-27-20(26)17-24-13-15-25(16-14-24)22(28)23-21(18-9-5-3-6-10-18)19-11-7-4-8-12-19/h3-12,21H,2,13-17H2,1H3,(H,23,28). The van der Waals surface area contributed by atoms with Crippen molar-refractivity contribution in [1.29, 1.82) is 0 Å². The summed E-state index contributed by atoms with van der Waals surface area (Å²) in [5.74, 6) is -0.162. The molecular weight excluding hydrogens is 370 g/mol. The van der Waals surface area contributed by atoms with Gasteiger partial charge in [-0.25, -0.2) is 0 Å². The minimum Gasteiger partial charge on any atom is -0.465 e. The quantitative estimate of drug-likeness (QED) is 0.597. The highest BCUT2D eigenvalue weighted by Gasteiger charge is 2.23. The van der Waals surface area contributed by atoms with Crippen LogP contribution in [0.5, 0.6) is 0 Å². The van der Waals surface area contributed by atoms with Crippen LogP contribution >= 0.6 is 12.2 Å². The van der Waals surface area contributed by atoms with Gasteiger partial charge in [-0.15, -0.1) is 0 Å². The molecule has 2 aromatic carbocycles. The lowest BCUT2D eigenvalue weighted by Gasteiger charge is -2.37. The molecule has 148 valence electrons. The summed E-state index contributed by atoms with van der Waals surface area (Å²) in [6, 6.07) is 20.7. The predicted octanol–water partition coefficient (Wildman–Crippen LogP) is 2.83. The number of rotatable bonds is 6. The van der Waals surface area contributed by atoms with E-state index in [2.05, 4.69) is 39.4 Å². The third kappa shape index (κ3) is 5.53. The van der Waals surface area contributed by atoms with Crippen LogP contribution in [-0.4, -0.2) is 60.2 Å². The Morgan fingerprint density at radius 1 is 1.00 bits per heavy atom. The van der Waals surface area contributed by atoms with Crippen LogP contribution in [0.1, 0.15) is 24.1 Å². The number of carbonyl (C=O) groups excluding carboxylic acids is 1. The smallest absolute Gasteiger partial charge is 0.320 e. The summed E-state index contributed by atoms with van der Waals surface area (Å²) in [6.45, 7) is 5.77. The first kappa shape index (κ1) is 20.3. The van der Waals surface area contributed by atoms with Crippen LogP contribution in [0, 0.1) is 0 Å². The third-order valence-electron chi connectivity index (χ3n) is 4.85. The first-order valence-corrected chi connectivity index (χ1v) is 10.1. The second-order valence-corrected chi connectivity index (χ2v) is 7.16. The number of hydrogen-bond donors (Lipinski definition) is 1. The molecule has 0 saturated carbocycles. The highest BCUT2D eigenvalue weighted by molar-refractivity contribution is 7.80. The van der Waals surface area contributed by atoms with Gasteiger partial charge in [-0.1, -0.05) is 60.7 Å². The van der Waals surface area contributed by atoms with Gasteiger partial charge in [-0.2, -0.15) is 0 Å². The Hall–Kier alpha value is -2.44. The highest BCUT2D eigenvalue weighted by atomic mass is 32.1. The summed E-state index contributed by atoms with van der Waals surface area (Å²) in [4.78, 5) is 16.0. The molecule has 0 aliphatic carbocycles. The van der Waals surface area contributed by atoms with Crippen molar-refractivity contribution in [1.82, 2.24) is 15.1 Å². The Morgan fingerprint density at radius 2 is 1.54 bits per heavy atom. The number of piperazine rings is 1. The van der Waals surface area contributed by atoms with E-state index in [0.717, 1.165) is 31.3 Å². The van der Waals surface area contributed by atoms with Crippen LogP contribution in [-0.2, 0) is 9.53 Å². The molecule has 1 heterocycles. The Bertz CT molecular complexity index is 722. The fourth-order valence-corrected chi connectivity index (χ4v) is 3.66.